The number of pyridine rings is 5. The predicted molar refractivity (Wildman–Crippen MR) is 370 cm³/mol. The zero-order valence-corrected chi connectivity index (χ0v) is 62.7. The summed E-state index contributed by atoms with van der Waals surface area (Å²) in [4.78, 5) is 97.5. The minimum Gasteiger partial charge on any atom is -1.00 e. The summed E-state index contributed by atoms with van der Waals surface area (Å²) in [7, 11) is 8.26. The van der Waals surface area contributed by atoms with E-state index in [4.69, 9.17) is 21.8 Å². The number of hydrogen-bond donors (Lipinski definition) is 3. The first-order chi connectivity index (χ1) is 40.6. The van der Waals surface area contributed by atoms with Gasteiger partial charge in [-0.25, -0.2) is 19.2 Å². The SMILES string of the molecule is BrP(Br)Br.CCOC(=O)Cl.CCOC(=O)OC(=O)c1ccn(C)c(=O)c1.Cn1ccc(C(=O)O)cc1=O.Cn1ccc(CBr)cc1=O.Cn1ccc(CO)cc1=O.Cn1ccc(Cn2ncc3cc(I)ccc32)cc1=O.Ic1ccc2[nH]ncc2c1.[B].[H-].[Na+]. The summed E-state index contributed by atoms with van der Waals surface area (Å²) in [6, 6.07) is 27.6. The van der Waals surface area contributed by atoms with Gasteiger partial charge in [0.2, 0.25) is 0 Å². The maximum Gasteiger partial charge on any atom is 1.00 e. The topological polar surface area (TPSA) is 293 Å². The number of hydrogen-bond acceptors (Lipinski definition) is 15. The number of carbonyl (C=O) groups excluding carboxylic acids is 3. The second-order valence-electron chi connectivity index (χ2n) is 16.8. The number of carboxylic acids is 1. The molecule has 2 aromatic carbocycles. The number of nitrogens with one attached hydrogen (secondary N) is 1. The number of aliphatic hydroxyl groups is 1. The summed E-state index contributed by atoms with van der Waals surface area (Å²) in [5.41, 5.74) is 3.39. The average molecular weight is 1740 g/mol. The number of aromatic nitrogens is 9. The summed E-state index contributed by atoms with van der Waals surface area (Å²) in [6.45, 7) is 4.28. The Labute approximate surface area is 595 Å². The molecule has 3 radical (unpaired) electrons. The molecule has 0 spiro atoms. The van der Waals surface area contributed by atoms with E-state index in [1.807, 2.05) is 35.3 Å². The number of ether oxygens (including phenoxy) is 3. The Balaban J connectivity index is 0. The molecule has 0 atom stereocenters. The van der Waals surface area contributed by atoms with Crippen LogP contribution in [0, 0.1) is 7.14 Å². The molecule has 0 aliphatic carbocycles. The number of aromatic amines is 1. The Kier molecular flexibility index (Phi) is 42.1. The number of fused-ring (bicyclic) bond motifs is 2. The first-order valence-corrected chi connectivity index (χ1v) is 35.6. The predicted octanol–water partition coefficient (Wildman–Crippen LogP) is 8.01. The van der Waals surface area contributed by atoms with E-state index in [0.29, 0.717) is 18.7 Å². The molecule has 7 aromatic heterocycles. The largest absolute Gasteiger partial charge is 1.00 e. The number of nitrogens with zero attached hydrogens (tertiary/aromatic N) is 8. The number of carboxylic acid groups (broad SMARTS) is 1. The number of alkyl halides is 1. The fourth-order valence-corrected chi connectivity index (χ4v) is 7.56. The van der Waals surface area contributed by atoms with Crippen molar-refractivity contribution in [2.45, 2.75) is 32.3 Å². The van der Waals surface area contributed by atoms with E-state index in [0.717, 1.165) is 45.0 Å². The van der Waals surface area contributed by atoms with Crippen molar-refractivity contribution in [2.75, 3.05) is 13.2 Å². The van der Waals surface area contributed by atoms with Crippen LogP contribution in [0.4, 0.5) is 9.59 Å². The normalized spacial score (nSPS) is 9.68. The van der Waals surface area contributed by atoms with Gasteiger partial charge in [-0.05, 0) is 189 Å². The first-order valence-electron chi connectivity index (χ1n) is 24.5. The van der Waals surface area contributed by atoms with Crippen LogP contribution in [0.15, 0.2) is 164 Å². The summed E-state index contributed by atoms with van der Waals surface area (Å²) in [5.74, 6) is -1.99. The molecule has 9 rings (SSSR count). The van der Waals surface area contributed by atoms with Gasteiger partial charge >= 0.3 is 53.1 Å². The van der Waals surface area contributed by atoms with Gasteiger partial charge in [0.1, 0.15) is 4.03 Å². The molecule has 0 aliphatic heterocycles. The van der Waals surface area contributed by atoms with Gasteiger partial charge in [-0.1, -0.05) is 15.9 Å². The van der Waals surface area contributed by atoms with Crippen molar-refractivity contribution in [2.24, 2.45) is 35.2 Å². The van der Waals surface area contributed by atoms with E-state index in [2.05, 4.69) is 167 Å². The molecule has 0 unspecified atom stereocenters. The number of carbonyl (C=O) groups is 4. The number of esters is 1. The van der Waals surface area contributed by atoms with Gasteiger partial charge in [-0.2, -0.15) is 10.2 Å². The zero-order chi connectivity index (χ0) is 64.6. The zero-order valence-electron chi connectivity index (χ0n) is 49.4. The van der Waals surface area contributed by atoms with Gasteiger partial charge in [0.25, 0.3) is 27.8 Å². The van der Waals surface area contributed by atoms with Gasteiger partial charge < -0.3 is 48.7 Å². The van der Waals surface area contributed by atoms with Crippen molar-refractivity contribution in [1.82, 2.24) is 42.8 Å². The minimum atomic E-state index is -1.08. The van der Waals surface area contributed by atoms with Crippen LogP contribution in [0.1, 0.15) is 52.7 Å². The molecule has 3 N–H and O–H groups in total. The van der Waals surface area contributed by atoms with Gasteiger partial charge in [0.05, 0.1) is 60.9 Å². The van der Waals surface area contributed by atoms with Crippen LogP contribution in [0.2, 0.25) is 0 Å². The number of rotatable bonds is 8. The number of aromatic carboxylic acids is 1. The maximum absolute atomic E-state index is 11.6. The molecule has 0 fully saturated rings. The molecule has 0 saturated carbocycles. The van der Waals surface area contributed by atoms with E-state index in [-0.39, 0.29) is 95.6 Å². The maximum atomic E-state index is 11.6. The second kappa shape index (κ2) is 44.6. The van der Waals surface area contributed by atoms with E-state index in [9.17, 15) is 43.2 Å². The molecular formula is C55H58BBr4ClI2N9NaO14P. The molecular weight excluding hydrogens is 1680 g/mol. The van der Waals surface area contributed by atoms with Gasteiger partial charge in [-0.15, -0.1) is 0 Å². The summed E-state index contributed by atoms with van der Waals surface area (Å²) < 4.78 is 24.3. The van der Waals surface area contributed by atoms with Crippen LogP contribution in [-0.4, -0.2) is 98.2 Å². The van der Waals surface area contributed by atoms with E-state index < -0.39 is 23.5 Å². The minimum absolute atomic E-state index is 0. The molecule has 33 heteroatoms. The third-order valence-electron chi connectivity index (χ3n) is 10.6. The van der Waals surface area contributed by atoms with Crippen molar-refractivity contribution >= 4 is 177 Å². The second-order valence-corrected chi connectivity index (χ2v) is 35.5. The van der Waals surface area contributed by atoms with E-state index in [1.54, 1.807) is 95.0 Å². The van der Waals surface area contributed by atoms with Crippen LogP contribution in [-0.2, 0) is 67.9 Å². The fraction of sp³-hybridized carbons (Fsp3) is 0.218. The first kappa shape index (κ1) is 83.1. The number of aryl methyl sites for hydroxylation is 5. The van der Waals surface area contributed by atoms with Crippen molar-refractivity contribution in [3.63, 3.8) is 0 Å². The Morgan fingerprint density at radius 1 is 0.625 bits per heavy atom. The Hall–Kier alpha value is -4.87. The monoisotopic (exact) mass is 1740 g/mol. The molecule has 9 aromatic rings. The van der Waals surface area contributed by atoms with Crippen molar-refractivity contribution in [3.8, 4) is 0 Å². The Bertz CT molecular complexity index is 3950. The summed E-state index contributed by atoms with van der Waals surface area (Å²) >= 11 is 22.1. The molecule has 7 heterocycles. The molecule has 0 aliphatic rings. The van der Waals surface area contributed by atoms with E-state index in [1.165, 1.54) is 56.8 Å². The van der Waals surface area contributed by atoms with Gasteiger partial charge in [0, 0.05) is 140 Å². The molecule has 465 valence electrons. The molecule has 0 amide bonds. The number of aliphatic hydroxyl groups excluding tert-OH is 1. The van der Waals surface area contributed by atoms with Gasteiger partial charge in [0.15, 0.2) is 0 Å². The molecule has 88 heavy (non-hydrogen) atoms. The van der Waals surface area contributed by atoms with Crippen molar-refractivity contribution < 1.29 is 74.6 Å². The van der Waals surface area contributed by atoms with Crippen LogP contribution >= 0.6 is 123 Å². The smallest absolute Gasteiger partial charge is 1.00 e. The summed E-state index contributed by atoms with van der Waals surface area (Å²) in [5, 5.41) is 31.3. The average Bonchev–Trinajstić information content (AvgIpc) is 4.11. The van der Waals surface area contributed by atoms with Crippen LogP contribution in [0.3, 0.4) is 0 Å². The number of benzene rings is 2. The molecule has 23 nitrogen and oxygen atoms in total. The molecule has 0 bridgehead atoms. The fourth-order valence-electron chi connectivity index (χ4n) is 6.07. The third kappa shape index (κ3) is 32.2. The van der Waals surface area contributed by atoms with Crippen LogP contribution in [0.5, 0.6) is 0 Å². The van der Waals surface area contributed by atoms with Crippen LogP contribution < -0.4 is 57.4 Å². The Morgan fingerprint density at radius 2 is 1.06 bits per heavy atom. The third-order valence-corrected chi connectivity index (χ3v) is 12.7. The molecule has 0 saturated heterocycles. The standard InChI is InChI=1S/C14H12IN3O.C10H11NO5.C7H8BrNO.C7H5IN2.C7H7NO3.C7H9NO2.C3H5ClO2.B.Br3P.Na.H/c1-17-5-4-10(6-14(17)19)9-18-13-3-2-12(15)7-11(13)8-16-18;1-3-15-10(14)16-9(13)7-4-5-11(2)8(12)6-7;1-9-3-2-6(5-8)4-7(9)10;8-6-1-2-7-5(3-6)4-9-10-7;1-8-3-2-5(7(10)11)4-6(8)9;1-8-3-2-6(5-9)4-7(8)10;1-2-6-3(4)5;;1-4(2)3;;/h2-8H,9H2,1H3;4-6H,3H2,1-2H3;2-4H,5H2,1H3;1-4H,(H,9,10);2-4H,1H3,(H,10,11);2-4,9H,5H2,1H3;2H2,1H3;;;;/q;;;;;;;;;+1;-1. The Morgan fingerprint density at radius 3 is 1.51 bits per heavy atom. The van der Waals surface area contributed by atoms with Gasteiger partial charge in [-0.3, -0.25) is 33.8 Å². The van der Waals surface area contributed by atoms with Crippen LogP contribution in [0.25, 0.3) is 21.8 Å². The van der Waals surface area contributed by atoms with E-state index >= 15 is 0 Å². The quantitative estimate of drug-likeness (QED) is 0.0247. The van der Waals surface area contributed by atoms with Crippen molar-refractivity contribution in [1.29, 1.82) is 0 Å². The van der Waals surface area contributed by atoms with Crippen molar-refractivity contribution in [3.05, 3.63) is 227 Å². The number of halogens is 7. The summed E-state index contributed by atoms with van der Waals surface area (Å²) in [6.07, 6.45) is 10.6. The number of H-pyrrole nitrogens is 1.